The number of carbonyl (C=O) groups excluding carboxylic acids is 1. The first kappa shape index (κ1) is 14.7. The highest BCUT2D eigenvalue weighted by Crippen LogP contribution is 2.39. The van der Waals surface area contributed by atoms with Crippen molar-refractivity contribution in [3.8, 4) is 0 Å². The van der Waals surface area contributed by atoms with Gasteiger partial charge in [-0.25, -0.2) is 9.59 Å². The Kier molecular flexibility index (Phi) is 3.65. The lowest BCUT2D eigenvalue weighted by Gasteiger charge is -2.27. The lowest BCUT2D eigenvalue weighted by molar-refractivity contribution is -0.138. The molecule has 0 radical (unpaired) electrons. The van der Waals surface area contributed by atoms with Crippen LogP contribution in [0, 0.1) is 0 Å². The maximum Gasteiger partial charge on any atom is 0.415 e. The van der Waals surface area contributed by atoms with Crippen LogP contribution in [0.4, 0.5) is 10.5 Å². The van der Waals surface area contributed by atoms with Gasteiger partial charge in [-0.3, -0.25) is 4.90 Å². The molecule has 0 spiro atoms. The fraction of sp³-hybridized carbons (Fsp3) is 0.429. The third-order valence-corrected chi connectivity index (χ3v) is 3.22. The van der Waals surface area contributed by atoms with Crippen molar-refractivity contribution in [2.45, 2.75) is 38.8 Å². The van der Waals surface area contributed by atoms with Gasteiger partial charge < -0.3 is 9.84 Å². The molecule has 1 aliphatic rings. The minimum atomic E-state index is -1.08. The number of rotatable bonds is 1. The van der Waals surface area contributed by atoms with Crippen molar-refractivity contribution >= 4 is 29.4 Å². The number of anilines is 1. The molecule has 108 valence electrons. The third kappa shape index (κ3) is 2.72. The van der Waals surface area contributed by atoms with E-state index in [1.54, 1.807) is 39.0 Å². The Balaban J connectivity index is 2.42. The fourth-order valence-corrected chi connectivity index (χ4v) is 2.46. The highest BCUT2D eigenvalue weighted by atomic mass is 35.5. The Morgan fingerprint density at radius 1 is 1.40 bits per heavy atom. The van der Waals surface area contributed by atoms with Gasteiger partial charge in [0, 0.05) is 6.42 Å². The predicted octanol–water partition coefficient (Wildman–Crippen LogP) is 3.09. The van der Waals surface area contributed by atoms with Crippen LogP contribution in [0.25, 0.3) is 0 Å². The summed E-state index contributed by atoms with van der Waals surface area (Å²) in [6, 6.07) is 4.14. The zero-order valence-electron chi connectivity index (χ0n) is 11.5. The maximum absolute atomic E-state index is 12.3. The summed E-state index contributed by atoms with van der Waals surface area (Å²) in [5, 5.41) is 9.65. The Bertz CT molecular complexity index is 565. The molecule has 1 heterocycles. The van der Waals surface area contributed by atoms with E-state index in [0.29, 0.717) is 10.7 Å². The average Bonchev–Trinajstić information content (AvgIpc) is 2.67. The van der Waals surface area contributed by atoms with Gasteiger partial charge in [0.25, 0.3) is 0 Å². The summed E-state index contributed by atoms with van der Waals surface area (Å²) >= 11 is 6.11. The number of nitrogens with zero attached hydrogens (tertiary/aromatic N) is 1. The van der Waals surface area contributed by atoms with E-state index in [4.69, 9.17) is 16.3 Å². The number of ether oxygens (including phenoxy) is 1. The van der Waals surface area contributed by atoms with Gasteiger partial charge in [0.1, 0.15) is 11.6 Å². The molecule has 2 rings (SSSR count). The second-order valence-corrected chi connectivity index (χ2v) is 6.06. The smallest absolute Gasteiger partial charge is 0.415 e. The topological polar surface area (TPSA) is 66.8 Å². The van der Waals surface area contributed by atoms with Crippen LogP contribution in [0.2, 0.25) is 5.02 Å². The van der Waals surface area contributed by atoms with Crippen LogP contribution in [-0.4, -0.2) is 28.8 Å². The van der Waals surface area contributed by atoms with Crippen LogP contribution in [0.15, 0.2) is 18.2 Å². The van der Waals surface area contributed by atoms with Gasteiger partial charge in [0.2, 0.25) is 0 Å². The molecule has 1 N–H and O–H groups in total. The molecule has 20 heavy (non-hydrogen) atoms. The van der Waals surface area contributed by atoms with Crippen LogP contribution in [0.1, 0.15) is 26.3 Å². The molecule has 0 bridgehead atoms. The normalized spacial score (nSPS) is 17.8. The van der Waals surface area contributed by atoms with Crippen molar-refractivity contribution in [3.63, 3.8) is 0 Å². The van der Waals surface area contributed by atoms with E-state index in [-0.39, 0.29) is 6.42 Å². The predicted molar refractivity (Wildman–Crippen MR) is 75.3 cm³/mol. The first-order valence-electron chi connectivity index (χ1n) is 6.23. The molecule has 1 aromatic rings. The number of aliphatic carboxylic acids is 1. The molecule has 0 aromatic heterocycles. The number of carbonyl (C=O) groups is 2. The Hall–Kier alpha value is -1.75. The van der Waals surface area contributed by atoms with Gasteiger partial charge >= 0.3 is 12.1 Å². The van der Waals surface area contributed by atoms with E-state index in [2.05, 4.69) is 0 Å². The maximum atomic E-state index is 12.3. The molecule has 1 atom stereocenters. The van der Waals surface area contributed by atoms with Crippen molar-refractivity contribution < 1.29 is 19.4 Å². The summed E-state index contributed by atoms with van der Waals surface area (Å²) < 4.78 is 5.28. The molecular formula is C14H16ClNO4. The van der Waals surface area contributed by atoms with E-state index in [0.717, 1.165) is 10.5 Å². The largest absolute Gasteiger partial charge is 0.480 e. The molecule has 0 unspecified atom stereocenters. The van der Waals surface area contributed by atoms with Gasteiger partial charge in [-0.1, -0.05) is 23.7 Å². The molecule has 6 heteroatoms. The highest BCUT2D eigenvalue weighted by molar-refractivity contribution is 6.34. The number of carboxylic acids is 1. The zero-order chi connectivity index (χ0) is 15.1. The van der Waals surface area contributed by atoms with E-state index >= 15 is 0 Å². The second kappa shape index (κ2) is 4.98. The molecular weight excluding hydrogens is 282 g/mol. The number of amides is 1. The van der Waals surface area contributed by atoms with Gasteiger partial charge in [-0.2, -0.15) is 0 Å². The zero-order valence-corrected chi connectivity index (χ0v) is 12.3. The van der Waals surface area contributed by atoms with E-state index in [1.165, 1.54) is 0 Å². The molecule has 0 fully saturated rings. The first-order valence-corrected chi connectivity index (χ1v) is 6.61. The van der Waals surface area contributed by atoms with E-state index in [1.807, 2.05) is 0 Å². The quantitative estimate of drug-likeness (QED) is 0.865. The average molecular weight is 298 g/mol. The molecule has 0 saturated heterocycles. The summed E-state index contributed by atoms with van der Waals surface area (Å²) in [4.78, 5) is 24.8. The van der Waals surface area contributed by atoms with Crippen molar-refractivity contribution in [1.29, 1.82) is 0 Å². The molecule has 5 nitrogen and oxygen atoms in total. The van der Waals surface area contributed by atoms with Crippen molar-refractivity contribution in [1.82, 2.24) is 0 Å². The number of fused-ring (bicyclic) bond motifs is 1. The van der Waals surface area contributed by atoms with Crippen LogP contribution < -0.4 is 4.90 Å². The molecule has 0 saturated carbocycles. The van der Waals surface area contributed by atoms with Crippen molar-refractivity contribution in [3.05, 3.63) is 28.8 Å². The Morgan fingerprint density at radius 3 is 2.60 bits per heavy atom. The van der Waals surface area contributed by atoms with Crippen molar-refractivity contribution in [2.24, 2.45) is 0 Å². The van der Waals surface area contributed by atoms with Gasteiger partial charge in [-0.15, -0.1) is 0 Å². The van der Waals surface area contributed by atoms with Crippen molar-refractivity contribution in [2.75, 3.05) is 4.90 Å². The summed E-state index contributed by atoms with van der Waals surface area (Å²) in [6.07, 6.45) is -0.471. The van der Waals surface area contributed by atoms with Crippen LogP contribution >= 0.6 is 11.6 Å². The van der Waals surface area contributed by atoms with Crippen LogP contribution in [0.3, 0.4) is 0 Å². The van der Waals surface area contributed by atoms with Gasteiger partial charge in [0.15, 0.2) is 0 Å². The first-order chi connectivity index (χ1) is 9.20. The minimum absolute atomic E-state index is 0.227. The Morgan fingerprint density at radius 2 is 2.05 bits per heavy atom. The van der Waals surface area contributed by atoms with Crippen LogP contribution in [-0.2, 0) is 16.0 Å². The second-order valence-electron chi connectivity index (χ2n) is 5.66. The summed E-state index contributed by atoms with van der Waals surface area (Å²) in [5.74, 6) is -1.08. The van der Waals surface area contributed by atoms with E-state index < -0.39 is 23.7 Å². The summed E-state index contributed by atoms with van der Waals surface area (Å²) in [6.45, 7) is 5.18. The summed E-state index contributed by atoms with van der Waals surface area (Å²) in [7, 11) is 0. The van der Waals surface area contributed by atoms with E-state index in [9.17, 15) is 14.7 Å². The minimum Gasteiger partial charge on any atom is -0.480 e. The number of halogens is 1. The number of benzene rings is 1. The standard InChI is InChI=1S/C14H16ClNO4/c1-14(2,3)20-13(19)16-10(12(17)18)7-8-5-4-6-9(15)11(8)16/h4-6,10H,7H2,1-3H3,(H,17,18)/t10-/m0/s1. The lowest BCUT2D eigenvalue weighted by atomic mass is 10.1. The number of hydrogen-bond donors (Lipinski definition) is 1. The number of hydrogen-bond acceptors (Lipinski definition) is 3. The fourth-order valence-electron chi connectivity index (χ4n) is 2.18. The highest BCUT2D eigenvalue weighted by Gasteiger charge is 2.41. The molecule has 1 aliphatic heterocycles. The van der Waals surface area contributed by atoms with Gasteiger partial charge in [-0.05, 0) is 32.4 Å². The molecule has 1 amide bonds. The molecule has 0 aliphatic carbocycles. The Labute approximate surface area is 122 Å². The monoisotopic (exact) mass is 297 g/mol. The lowest BCUT2D eigenvalue weighted by Crippen LogP contribution is -2.45. The SMILES string of the molecule is CC(C)(C)OC(=O)N1c2c(Cl)cccc2C[C@H]1C(=O)O. The molecule has 1 aromatic carbocycles. The number of para-hydroxylation sites is 1. The van der Waals surface area contributed by atoms with Crippen LogP contribution in [0.5, 0.6) is 0 Å². The van der Waals surface area contributed by atoms with Gasteiger partial charge in [0.05, 0.1) is 10.7 Å². The number of carboxylic acid groups (broad SMARTS) is 1. The summed E-state index contributed by atoms with van der Waals surface area (Å²) in [5.41, 5.74) is 0.455. The third-order valence-electron chi connectivity index (χ3n) is 2.91.